The topological polar surface area (TPSA) is 19.4 Å². The van der Waals surface area contributed by atoms with E-state index in [-0.39, 0.29) is 0 Å². The monoisotopic (exact) mass is 247 g/mol. The van der Waals surface area contributed by atoms with Crippen molar-refractivity contribution in [2.24, 2.45) is 0 Å². The van der Waals surface area contributed by atoms with Crippen molar-refractivity contribution in [1.82, 2.24) is 9.88 Å². The van der Waals surface area contributed by atoms with Crippen LogP contribution in [0, 0.1) is 0 Å². The zero-order valence-corrected chi connectivity index (χ0v) is 11.9. The second-order valence-corrected chi connectivity index (χ2v) is 5.39. The van der Waals surface area contributed by atoms with Gasteiger partial charge < -0.3 is 4.90 Å². The number of hydrogen-bond acceptors (Lipinski definition) is 3. The van der Waals surface area contributed by atoms with Gasteiger partial charge in [-0.05, 0) is 44.0 Å². The molecule has 0 aromatic carbocycles. The van der Waals surface area contributed by atoms with Crippen LogP contribution in [-0.4, -0.2) is 37.1 Å². The Kier molecular flexibility index (Phi) is 4.59. The van der Waals surface area contributed by atoms with Crippen LogP contribution in [0.4, 0.5) is 5.82 Å². The highest BCUT2D eigenvalue weighted by molar-refractivity contribution is 5.37. The van der Waals surface area contributed by atoms with Crippen molar-refractivity contribution in [2.75, 3.05) is 32.1 Å². The van der Waals surface area contributed by atoms with Gasteiger partial charge in [0.25, 0.3) is 0 Å². The maximum absolute atomic E-state index is 4.54. The standard InChI is InChI=1S/C15H25N3/c1-4-5-10-18-11-6-7-14(18)13-8-9-15(16-12-13)17(2)3/h8-9,12,14H,4-7,10-11H2,1-3H3/t14-/m0/s1. The molecule has 0 bridgehead atoms. The molecule has 1 aromatic rings. The number of pyridine rings is 1. The van der Waals surface area contributed by atoms with E-state index in [1.54, 1.807) is 0 Å². The number of likely N-dealkylation sites (tertiary alicyclic amines) is 1. The summed E-state index contributed by atoms with van der Waals surface area (Å²) in [5.41, 5.74) is 1.38. The highest BCUT2D eigenvalue weighted by atomic mass is 15.2. The van der Waals surface area contributed by atoms with E-state index in [1.165, 1.54) is 44.3 Å². The van der Waals surface area contributed by atoms with Crippen molar-refractivity contribution < 1.29 is 0 Å². The lowest BCUT2D eigenvalue weighted by Gasteiger charge is -2.24. The molecule has 0 amide bonds. The molecule has 1 atom stereocenters. The van der Waals surface area contributed by atoms with E-state index in [2.05, 4.69) is 35.1 Å². The molecule has 1 fully saturated rings. The average Bonchev–Trinajstić information content (AvgIpc) is 2.84. The van der Waals surface area contributed by atoms with E-state index in [0.717, 1.165) is 5.82 Å². The predicted molar refractivity (Wildman–Crippen MR) is 77.0 cm³/mol. The predicted octanol–water partition coefficient (Wildman–Crippen LogP) is 3.08. The minimum atomic E-state index is 0.597. The molecule has 0 spiro atoms. The highest BCUT2D eigenvalue weighted by Crippen LogP contribution is 2.32. The minimum absolute atomic E-state index is 0.597. The smallest absolute Gasteiger partial charge is 0.127 e. The summed E-state index contributed by atoms with van der Waals surface area (Å²) in [5.74, 6) is 1.04. The SMILES string of the molecule is CCCCN1CCC[C@H]1c1ccc(N(C)C)nc1. The van der Waals surface area contributed by atoms with Crippen LogP contribution in [-0.2, 0) is 0 Å². The molecule has 2 heterocycles. The molecule has 1 aliphatic heterocycles. The molecule has 18 heavy (non-hydrogen) atoms. The Bertz CT molecular complexity index is 359. The molecule has 0 N–H and O–H groups in total. The van der Waals surface area contributed by atoms with E-state index in [4.69, 9.17) is 0 Å². The van der Waals surface area contributed by atoms with E-state index < -0.39 is 0 Å². The summed E-state index contributed by atoms with van der Waals surface area (Å²) in [6.45, 7) is 4.75. The van der Waals surface area contributed by atoms with E-state index in [9.17, 15) is 0 Å². The fraction of sp³-hybridized carbons (Fsp3) is 0.667. The maximum atomic E-state index is 4.54. The van der Waals surface area contributed by atoms with Crippen LogP contribution < -0.4 is 4.90 Å². The largest absolute Gasteiger partial charge is 0.363 e. The van der Waals surface area contributed by atoms with Crippen molar-refractivity contribution in [2.45, 2.75) is 38.6 Å². The number of hydrogen-bond donors (Lipinski definition) is 0. The lowest BCUT2D eigenvalue weighted by molar-refractivity contribution is 0.253. The summed E-state index contributed by atoms with van der Waals surface area (Å²) >= 11 is 0. The van der Waals surface area contributed by atoms with Crippen LogP contribution in [0.3, 0.4) is 0 Å². The fourth-order valence-corrected chi connectivity index (χ4v) is 2.69. The van der Waals surface area contributed by atoms with Crippen LogP contribution in [0.25, 0.3) is 0 Å². The van der Waals surface area contributed by atoms with E-state index in [0.29, 0.717) is 6.04 Å². The van der Waals surface area contributed by atoms with Crippen molar-refractivity contribution in [3.8, 4) is 0 Å². The van der Waals surface area contributed by atoms with Crippen molar-refractivity contribution in [3.63, 3.8) is 0 Å². The first-order valence-electron chi connectivity index (χ1n) is 7.09. The third kappa shape index (κ3) is 3.02. The number of rotatable bonds is 5. The molecule has 0 unspecified atom stereocenters. The molecule has 0 radical (unpaired) electrons. The van der Waals surface area contributed by atoms with Crippen LogP contribution >= 0.6 is 0 Å². The lowest BCUT2D eigenvalue weighted by Crippen LogP contribution is -2.24. The Morgan fingerprint density at radius 1 is 1.39 bits per heavy atom. The van der Waals surface area contributed by atoms with Gasteiger partial charge in [0.1, 0.15) is 5.82 Å². The summed E-state index contributed by atoms with van der Waals surface area (Å²) < 4.78 is 0. The molecule has 0 saturated carbocycles. The van der Waals surface area contributed by atoms with Crippen molar-refractivity contribution in [3.05, 3.63) is 23.9 Å². The molecular formula is C15H25N3. The van der Waals surface area contributed by atoms with E-state index >= 15 is 0 Å². The zero-order chi connectivity index (χ0) is 13.0. The van der Waals surface area contributed by atoms with E-state index in [1.807, 2.05) is 19.0 Å². The zero-order valence-electron chi connectivity index (χ0n) is 11.9. The molecular weight excluding hydrogens is 222 g/mol. The Morgan fingerprint density at radius 3 is 2.83 bits per heavy atom. The Labute approximate surface area is 111 Å². The molecule has 2 rings (SSSR count). The second-order valence-electron chi connectivity index (χ2n) is 5.39. The van der Waals surface area contributed by atoms with Gasteiger partial charge in [0.2, 0.25) is 0 Å². The first kappa shape index (κ1) is 13.3. The number of anilines is 1. The molecule has 0 aliphatic carbocycles. The summed E-state index contributed by atoms with van der Waals surface area (Å²) in [4.78, 5) is 9.21. The average molecular weight is 247 g/mol. The van der Waals surface area contributed by atoms with Gasteiger partial charge >= 0.3 is 0 Å². The number of aromatic nitrogens is 1. The molecule has 3 heteroatoms. The summed E-state index contributed by atoms with van der Waals surface area (Å²) in [6.07, 6.45) is 7.25. The summed E-state index contributed by atoms with van der Waals surface area (Å²) in [5, 5.41) is 0. The number of unbranched alkanes of at least 4 members (excludes halogenated alkanes) is 1. The normalized spacial score (nSPS) is 20.3. The molecule has 1 aromatic heterocycles. The number of nitrogens with zero attached hydrogens (tertiary/aromatic N) is 3. The Morgan fingerprint density at radius 2 is 2.22 bits per heavy atom. The molecule has 100 valence electrons. The van der Waals surface area contributed by atoms with Gasteiger partial charge in [-0.25, -0.2) is 4.98 Å². The first-order chi connectivity index (χ1) is 8.72. The highest BCUT2D eigenvalue weighted by Gasteiger charge is 2.25. The molecule has 1 saturated heterocycles. The van der Waals surface area contributed by atoms with Crippen LogP contribution in [0.5, 0.6) is 0 Å². The van der Waals surface area contributed by atoms with Gasteiger partial charge in [0.15, 0.2) is 0 Å². The third-order valence-corrected chi connectivity index (χ3v) is 3.78. The van der Waals surface area contributed by atoms with Gasteiger partial charge in [0.05, 0.1) is 0 Å². The van der Waals surface area contributed by atoms with Gasteiger partial charge in [-0.1, -0.05) is 19.4 Å². The van der Waals surface area contributed by atoms with Crippen LogP contribution in [0.15, 0.2) is 18.3 Å². The molecule has 3 nitrogen and oxygen atoms in total. The first-order valence-corrected chi connectivity index (χ1v) is 7.09. The van der Waals surface area contributed by atoms with Crippen LogP contribution in [0.2, 0.25) is 0 Å². The second kappa shape index (κ2) is 6.19. The minimum Gasteiger partial charge on any atom is -0.363 e. The van der Waals surface area contributed by atoms with Crippen molar-refractivity contribution >= 4 is 5.82 Å². The summed E-state index contributed by atoms with van der Waals surface area (Å²) in [7, 11) is 4.07. The third-order valence-electron chi connectivity index (χ3n) is 3.78. The van der Waals surface area contributed by atoms with Crippen LogP contribution in [0.1, 0.15) is 44.2 Å². The van der Waals surface area contributed by atoms with Gasteiger partial charge in [-0.15, -0.1) is 0 Å². The fourth-order valence-electron chi connectivity index (χ4n) is 2.69. The Balaban J connectivity index is 2.05. The van der Waals surface area contributed by atoms with Gasteiger partial charge in [0, 0.05) is 26.3 Å². The Hall–Kier alpha value is -1.09. The maximum Gasteiger partial charge on any atom is 0.127 e. The van der Waals surface area contributed by atoms with Crippen molar-refractivity contribution in [1.29, 1.82) is 0 Å². The van der Waals surface area contributed by atoms with Gasteiger partial charge in [-0.3, -0.25) is 4.90 Å². The lowest BCUT2D eigenvalue weighted by atomic mass is 10.1. The quantitative estimate of drug-likeness (QED) is 0.797. The van der Waals surface area contributed by atoms with Gasteiger partial charge in [-0.2, -0.15) is 0 Å². The summed E-state index contributed by atoms with van der Waals surface area (Å²) in [6, 6.07) is 4.98. The molecule has 1 aliphatic rings.